The molecule has 1 rings (SSSR count). The van der Waals surface area contributed by atoms with Crippen molar-refractivity contribution in [3.8, 4) is 0 Å². The zero-order chi connectivity index (χ0) is 13.4. The van der Waals surface area contributed by atoms with Crippen LogP contribution in [-0.4, -0.2) is 44.7 Å². The van der Waals surface area contributed by atoms with Crippen LogP contribution in [0.3, 0.4) is 0 Å². The van der Waals surface area contributed by atoms with Crippen LogP contribution in [0.4, 0.5) is 0 Å². The molecule has 0 aromatic heterocycles. The molecule has 0 fully saturated rings. The van der Waals surface area contributed by atoms with Crippen molar-refractivity contribution in [1.82, 2.24) is 10.2 Å². The third kappa shape index (κ3) is 4.85. The summed E-state index contributed by atoms with van der Waals surface area (Å²) >= 11 is 0. The second-order valence-electron chi connectivity index (χ2n) is 4.34. The number of nitrogens with one attached hydrogen (secondary N) is 1. The van der Waals surface area contributed by atoms with Crippen LogP contribution in [0.25, 0.3) is 0 Å². The predicted molar refractivity (Wildman–Crippen MR) is 72.4 cm³/mol. The number of benzene rings is 1. The van der Waals surface area contributed by atoms with E-state index in [1.165, 1.54) is 5.56 Å². The van der Waals surface area contributed by atoms with E-state index in [0.717, 1.165) is 0 Å². The summed E-state index contributed by atoms with van der Waals surface area (Å²) in [6, 6.07) is 10.4. The predicted octanol–water partition coefficient (Wildman–Crippen LogP) is 1.44. The topological polar surface area (TPSA) is 41.6 Å². The molecule has 4 nitrogen and oxygen atoms in total. The minimum atomic E-state index is 0.0253. The van der Waals surface area contributed by atoms with E-state index in [-0.39, 0.29) is 11.9 Å². The van der Waals surface area contributed by atoms with E-state index >= 15 is 0 Å². The van der Waals surface area contributed by atoms with Gasteiger partial charge in [-0.2, -0.15) is 0 Å². The molecular formula is C14H22N2O2. The van der Waals surface area contributed by atoms with Crippen LogP contribution in [0.5, 0.6) is 0 Å². The van der Waals surface area contributed by atoms with Crippen molar-refractivity contribution in [2.75, 3.05) is 33.9 Å². The molecule has 0 aliphatic carbocycles. The van der Waals surface area contributed by atoms with Crippen LogP contribution in [0, 0.1) is 0 Å². The molecule has 18 heavy (non-hydrogen) atoms. The Labute approximate surface area is 109 Å². The van der Waals surface area contributed by atoms with Gasteiger partial charge in [0, 0.05) is 19.7 Å². The highest BCUT2D eigenvalue weighted by Gasteiger charge is 2.14. The molecule has 0 saturated heterocycles. The highest BCUT2D eigenvalue weighted by molar-refractivity contribution is 5.78. The van der Waals surface area contributed by atoms with Crippen molar-refractivity contribution in [2.45, 2.75) is 13.0 Å². The van der Waals surface area contributed by atoms with Gasteiger partial charge in [-0.25, -0.2) is 0 Å². The molecule has 1 N–H and O–H groups in total. The molecule has 0 bridgehead atoms. The number of methoxy groups -OCH3 is 1. The van der Waals surface area contributed by atoms with Gasteiger partial charge < -0.3 is 10.1 Å². The Balaban J connectivity index is 2.40. The number of rotatable bonds is 7. The number of carbonyl (C=O) groups excluding carboxylic acids is 1. The number of ether oxygens (including phenoxy) is 1. The lowest BCUT2D eigenvalue weighted by Gasteiger charge is -2.24. The van der Waals surface area contributed by atoms with Gasteiger partial charge in [-0.15, -0.1) is 0 Å². The molecule has 1 amide bonds. The largest absolute Gasteiger partial charge is 0.383 e. The van der Waals surface area contributed by atoms with Gasteiger partial charge in [-0.3, -0.25) is 9.69 Å². The number of amides is 1. The summed E-state index contributed by atoms with van der Waals surface area (Å²) in [6.07, 6.45) is 0. The zero-order valence-electron chi connectivity index (χ0n) is 11.3. The number of likely N-dealkylation sites (N-methyl/N-ethyl adjacent to an activating group) is 1. The molecule has 0 aliphatic rings. The number of hydrogen-bond donors (Lipinski definition) is 1. The first-order valence-corrected chi connectivity index (χ1v) is 6.16. The minimum absolute atomic E-state index is 0.0253. The molecule has 0 spiro atoms. The first-order chi connectivity index (χ1) is 8.65. The fraction of sp³-hybridized carbons (Fsp3) is 0.500. The highest BCUT2D eigenvalue weighted by atomic mass is 16.5. The Morgan fingerprint density at radius 1 is 1.39 bits per heavy atom. The van der Waals surface area contributed by atoms with Crippen LogP contribution in [0.1, 0.15) is 18.5 Å². The maximum atomic E-state index is 11.7. The average molecular weight is 250 g/mol. The summed E-state index contributed by atoms with van der Waals surface area (Å²) in [5.41, 5.74) is 1.21. The lowest BCUT2D eigenvalue weighted by molar-refractivity contribution is -0.122. The summed E-state index contributed by atoms with van der Waals surface area (Å²) in [4.78, 5) is 13.7. The van der Waals surface area contributed by atoms with Gasteiger partial charge in [0.05, 0.1) is 13.2 Å². The lowest BCUT2D eigenvalue weighted by atomic mass is 10.1. The fourth-order valence-corrected chi connectivity index (χ4v) is 1.70. The van der Waals surface area contributed by atoms with Crippen molar-refractivity contribution in [1.29, 1.82) is 0 Å². The lowest BCUT2D eigenvalue weighted by Crippen LogP contribution is -2.37. The molecule has 100 valence electrons. The molecule has 0 radical (unpaired) electrons. The number of carbonyl (C=O) groups is 1. The smallest absolute Gasteiger partial charge is 0.234 e. The Bertz CT molecular complexity index is 354. The van der Waals surface area contributed by atoms with Crippen molar-refractivity contribution in [2.24, 2.45) is 0 Å². The molecule has 4 heteroatoms. The van der Waals surface area contributed by atoms with Crippen LogP contribution >= 0.6 is 0 Å². The van der Waals surface area contributed by atoms with E-state index < -0.39 is 0 Å². The zero-order valence-corrected chi connectivity index (χ0v) is 11.3. The first-order valence-electron chi connectivity index (χ1n) is 6.16. The molecule has 1 aromatic carbocycles. The first kappa shape index (κ1) is 14.7. The number of nitrogens with zero attached hydrogens (tertiary/aromatic N) is 1. The van der Waals surface area contributed by atoms with E-state index in [1.54, 1.807) is 7.11 Å². The fourth-order valence-electron chi connectivity index (χ4n) is 1.70. The van der Waals surface area contributed by atoms with Crippen molar-refractivity contribution >= 4 is 5.91 Å². The van der Waals surface area contributed by atoms with Gasteiger partial charge >= 0.3 is 0 Å². The Morgan fingerprint density at radius 2 is 2.06 bits per heavy atom. The minimum Gasteiger partial charge on any atom is -0.383 e. The summed E-state index contributed by atoms with van der Waals surface area (Å²) in [6.45, 7) is 3.59. The normalized spacial score (nSPS) is 12.4. The summed E-state index contributed by atoms with van der Waals surface area (Å²) < 4.78 is 4.89. The van der Waals surface area contributed by atoms with E-state index in [2.05, 4.69) is 24.4 Å². The van der Waals surface area contributed by atoms with E-state index in [1.807, 2.05) is 30.1 Å². The van der Waals surface area contributed by atoms with Gasteiger partial charge in [-0.05, 0) is 19.5 Å². The number of hydrogen-bond acceptors (Lipinski definition) is 3. The Morgan fingerprint density at radius 3 is 2.67 bits per heavy atom. The molecular weight excluding hydrogens is 228 g/mol. The molecule has 0 saturated carbocycles. The van der Waals surface area contributed by atoms with Gasteiger partial charge in [0.15, 0.2) is 0 Å². The van der Waals surface area contributed by atoms with Crippen LogP contribution < -0.4 is 5.32 Å². The third-order valence-electron chi connectivity index (χ3n) is 2.96. The van der Waals surface area contributed by atoms with Crippen LogP contribution in [0.15, 0.2) is 30.3 Å². The molecule has 1 aromatic rings. The summed E-state index contributed by atoms with van der Waals surface area (Å²) in [7, 11) is 3.57. The molecule has 0 unspecified atom stereocenters. The van der Waals surface area contributed by atoms with Crippen LogP contribution in [-0.2, 0) is 9.53 Å². The van der Waals surface area contributed by atoms with Gasteiger partial charge in [-0.1, -0.05) is 30.3 Å². The van der Waals surface area contributed by atoms with Gasteiger partial charge in [0.2, 0.25) is 5.91 Å². The summed E-state index contributed by atoms with van der Waals surface area (Å²) in [5.74, 6) is 0.0253. The molecule has 1 atom stereocenters. The standard InChI is InChI=1S/C14H22N2O2/c1-12(13-7-5-4-6-8-13)16(2)11-14(17)15-9-10-18-3/h4-8,12H,9-11H2,1-3H3,(H,15,17)/t12-/m0/s1. The van der Waals surface area contributed by atoms with Gasteiger partial charge in [0.1, 0.15) is 0 Å². The second-order valence-corrected chi connectivity index (χ2v) is 4.34. The Hall–Kier alpha value is -1.39. The second kappa shape index (κ2) is 7.84. The van der Waals surface area contributed by atoms with Crippen LogP contribution in [0.2, 0.25) is 0 Å². The van der Waals surface area contributed by atoms with Crippen molar-refractivity contribution < 1.29 is 9.53 Å². The van der Waals surface area contributed by atoms with E-state index in [4.69, 9.17) is 4.74 Å². The molecule has 0 aliphatic heterocycles. The maximum Gasteiger partial charge on any atom is 0.234 e. The monoisotopic (exact) mass is 250 g/mol. The average Bonchev–Trinajstić information content (AvgIpc) is 2.39. The summed E-state index contributed by atoms with van der Waals surface area (Å²) in [5, 5.41) is 2.82. The highest BCUT2D eigenvalue weighted by Crippen LogP contribution is 2.17. The molecule has 0 heterocycles. The van der Waals surface area contributed by atoms with Crippen molar-refractivity contribution in [3.63, 3.8) is 0 Å². The Kier molecular flexibility index (Phi) is 6.39. The van der Waals surface area contributed by atoms with E-state index in [9.17, 15) is 4.79 Å². The maximum absolute atomic E-state index is 11.7. The van der Waals surface area contributed by atoms with Gasteiger partial charge in [0.25, 0.3) is 0 Å². The quantitative estimate of drug-likeness (QED) is 0.745. The van der Waals surface area contributed by atoms with Crippen molar-refractivity contribution in [3.05, 3.63) is 35.9 Å². The SMILES string of the molecule is COCCNC(=O)CN(C)[C@@H](C)c1ccccc1. The third-order valence-corrected chi connectivity index (χ3v) is 2.96. The van der Waals surface area contributed by atoms with E-state index in [0.29, 0.717) is 19.7 Å².